The van der Waals surface area contributed by atoms with E-state index in [2.05, 4.69) is 26.2 Å². The van der Waals surface area contributed by atoms with Gasteiger partial charge in [-0.05, 0) is 39.7 Å². The molecule has 88 valence electrons. The van der Waals surface area contributed by atoms with Gasteiger partial charge >= 0.3 is 0 Å². The Balaban J connectivity index is 2.07. The molecule has 0 radical (unpaired) electrons. The number of benzene rings is 1. The highest BCUT2D eigenvalue weighted by Gasteiger charge is 2.01. The number of hydrogen-bond donors (Lipinski definition) is 2. The SMILES string of the molecule is Nc1cc(Br)cnc1NCc1cccc(Cl)c1. The van der Waals surface area contributed by atoms with Crippen molar-refractivity contribution in [2.24, 2.45) is 0 Å². The van der Waals surface area contributed by atoms with Gasteiger partial charge in [0.1, 0.15) is 5.82 Å². The lowest BCUT2D eigenvalue weighted by Crippen LogP contribution is -2.04. The quantitative estimate of drug-likeness (QED) is 0.908. The molecule has 0 saturated heterocycles. The predicted octanol–water partition coefficient (Wildman–Crippen LogP) is 3.69. The van der Waals surface area contributed by atoms with Crippen molar-refractivity contribution in [2.75, 3.05) is 11.1 Å². The number of pyridine rings is 1. The second-order valence-corrected chi connectivity index (χ2v) is 4.93. The van der Waals surface area contributed by atoms with Crippen LogP contribution < -0.4 is 11.1 Å². The van der Waals surface area contributed by atoms with Crippen LogP contribution in [0.5, 0.6) is 0 Å². The fraction of sp³-hybridized carbons (Fsp3) is 0.0833. The van der Waals surface area contributed by atoms with Crippen LogP contribution in [0.1, 0.15) is 5.56 Å². The van der Waals surface area contributed by atoms with Gasteiger partial charge in [0.15, 0.2) is 0 Å². The summed E-state index contributed by atoms with van der Waals surface area (Å²) in [5.74, 6) is 0.674. The molecule has 3 N–H and O–H groups in total. The monoisotopic (exact) mass is 311 g/mol. The summed E-state index contributed by atoms with van der Waals surface area (Å²) in [5.41, 5.74) is 7.53. The van der Waals surface area contributed by atoms with Crippen molar-refractivity contribution in [1.82, 2.24) is 4.98 Å². The highest BCUT2D eigenvalue weighted by atomic mass is 79.9. The Hall–Kier alpha value is -1.26. The number of nitrogen functional groups attached to an aromatic ring is 1. The van der Waals surface area contributed by atoms with Gasteiger partial charge in [0, 0.05) is 22.2 Å². The van der Waals surface area contributed by atoms with Crippen LogP contribution in [0.4, 0.5) is 11.5 Å². The van der Waals surface area contributed by atoms with E-state index in [9.17, 15) is 0 Å². The summed E-state index contributed by atoms with van der Waals surface area (Å²) in [6.07, 6.45) is 1.71. The molecule has 1 aromatic carbocycles. The van der Waals surface area contributed by atoms with E-state index in [1.807, 2.05) is 30.3 Å². The molecule has 0 spiro atoms. The van der Waals surface area contributed by atoms with E-state index in [1.165, 1.54) is 0 Å². The van der Waals surface area contributed by atoms with Gasteiger partial charge in [-0.2, -0.15) is 0 Å². The third kappa shape index (κ3) is 3.35. The lowest BCUT2D eigenvalue weighted by atomic mass is 10.2. The molecule has 0 aliphatic carbocycles. The molecule has 0 saturated carbocycles. The first-order valence-electron chi connectivity index (χ1n) is 5.04. The second-order valence-electron chi connectivity index (χ2n) is 3.57. The number of nitrogens with one attached hydrogen (secondary N) is 1. The maximum absolute atomic E-state index is 5.90. The van der Waals surface area contributed by atoms with Gasteiger partial charge in [0.25, 0.3) is 0 Å². The van der Waals surface area contributed by atoms with Crippen LogP contribution in [0, 0.1) is 0 Å². The molecular formula is C12H11BrClN3. The van der Waals surface area contributed by atoms with Crippen LogP contribution in [0.15, 0.2) is 41.0 Å². The van der Waals surface area contributed by atoms with E-state index >= 15 is 0 Å². The minimum Gasteiger partial charge on any atom is -0.396 e. The molecular weight excluding hydrogens is 302 g/mol. The van der Waals surface area contributed by atoms with E-state index < -0.39 is 0 Å². The summed E-state index contributed by atoms with van der Waals surface area (Å²) in [6.45, 7) is 0.638. The average Bonchev–Trinajstić information content (AvgIpc) is 2.28. The fourth-order valence-corrected chi connectivity index (χ4v) is 2.00. The number of nitrogens with two attached hydrogens (primary N) is 1. The first-order chi connectivity index (χ1) is 8.15. The van der Waals surface area contributed by atoms with Gasteiger partial charge in [0.2, 0.25) is 0 Å². The molecule has 3 nitrogen and oxygen atoms in total. The topological polar surface area (TPSA) is 50.9 Å². The number of aromatic nitrogens is 1. The normalized spacial score (nSPS) is 10.2. The molecule has 0 amide bonds. The molecule has 2 aromatic rings. The molecule has 0 aliphatic rings. The van der Waals surface area contributed by atoms with Gasteiger partial charge < -0.3 is 11.1 Å². The summed E-state index contributed by atoms with van der Waals surface area (Å²) >= 11 is 9.22. The minimum atomic E-state index is 0.612. The summed E-state index contributed by atoms with van der Waals surface area (Å²) in [6, 6.07) is 9.47. The van der Waals surface area contributed by atoms with Crippen LogP contribution in [0.3, 0.4) is 0 Å². The van der Waals surface area contributed by atoms with Crippen LogP contribution >= 0.6 is 27.5 Å². The maximum Gasteiger partial charge on any atom is 0.149 e. The number of nitrogens with zero attached hydrogens (tertiary/aromatic N) is 1. The molecule has 0 aliphatic heterocycles. The Kier molecular flexibility index (Phi) is 3.86. The molecule has 2 rings (SSSR count). The lowest BCUT2D eigenvalue weighted by Gasteiger charge is -2.08. The second kappa shape index (κ2) is 5.38. The van der Waals surface area contributed by atoms with Crippen LogP contribution in [0.2, 0.25) is 5.02 Å². The molecule has 1 aromatic heterocycles. The van der Waals surface area contributed by atoms with E-state index in [1.54, 1.807) is 6.20 Å². The average molecular weight is 313 g/mol. The van der Waals surface area contributed by atoms with Crippen molar-refractivity contribution in [3.63, 3.8) is 0 Å². The van der Waals surface area contributed by atoms with Gasteiger partial charge in [-0.15, -0.1) is 0 Å². The molecule has 1 heterocycles. The molecule has 17 heavy (non-hydrogen) atoms. The summed E-state index contributed by atoms with van der Waals surface area (Å²) in [4.78, 5) is 4.20. The fourth-order valence-electron chi connectivity index (χ4n) is 1.44. The zero-order valence-electron chi connectivity index (χ0n) is 8.95. The van der Waals surface area contributed by atoms with Crippen molar-refractivity contribution >= 4 is 39.0 Å². The Morgan fingerprint density at radius 1 is 1.35 bits per heavy atom. The minimum absolute atomic E-state index is 0.612. The Morgan fingerprint density at radius 2 is 2.18 bits per heavy atom. The van der Waals surface area contributed by atoms with Crippen molar-refractivity contribution in [1.29, 1.82) is 0 Å². The third-order valence-corrected chi connectivity index (χ3v) is 2.90. The first-order valence-corrected chi connectivity index (χ1v) is 6.21. The van der Waals surface area contributed by atoms with Crippen LogP contribution in [0.25, 0.3) is 0 Å². The standard InChI is InChI=1S/C12H11BrClN3/c13-9-5-11(15)12(17-7-9)16-6-8-2-1-3-10(14)4-8/h1-5,7H,6,15H2,(H,16,17). The maximum atomic E-state index is 5.90. The smallest absolute Gasteiger partial charge is 0.149 e. The van der Waals surface area contributed by atoms with Gasteiger partial charge in [-0.1, -0.05) is 23.7 Å². The predicted molar refractivity (Wildman–Crippen MR) is 75.1 cm³/mol. The molecule has 0 unspecified atom stereocenters. The Morgan fingerprint density at radius 3 is 2.88 bits per heavy atom. The third-order valence-electron chi connectivity index (χ3n) is 2.23. The molecule has 0 atom stereocenters. The van der Waals surface area contributed by atoms with Crippen molar-refractivity contribution in [2.45, 2.75) is 6.54 Å². The van der Waals surface area contributed by atoms with Gasteiger partial charge in [-0.25, -0.2) is 4.98 Å². The lowest BCUT2D eigenvalue weighted by molar-refractivity contribution is 1.11. The highest BCUT2D eigenvalue weighted by molar-refractivity contribution is 9.10. The highest BCUT2D eigenvalue weighted by Crippen LogP contribution is 2.20. The van der Waals surface area contributed by atoms with E-state index in [0.29, 0.717) is 18.1 Å². The Labute approximate surface area is 113 Å². The summed E-state index contributed by atoms with van der Waals surface area (Å²) in [7, 11) is 0. The molecule has 0 bridgehead atoms. The number of anilines is 2. The number of hydrogen-bond acceptors (Lipinski definition) is 3. The number of halogens is 2. The first kappa shape index (κ1) is 12.2. The van der Waals surface area contributed by atoms with Crippen molar-refractivity contribution < 1.29 is 0 Å². The van der Waals surface area contributed by atoms with E-state index in [4.69, 9.17) is 17.3 Å². The zero-order chi connectivity index (χ0) is 12.3. The zero-order valence-corrected chi connectivity index (χ0v) is 11.3. The van der Waals surface area contributed by atoms with E-state index in [-0.39, 0.29) is 0 Å². The van der Waals surface area contributed by atoms with Crippen LogP contribution in [-0.4, -0.2) is 4.98 Å². The summed E-state index contributed by atoms with van der Waals surface area (Å²) < 4.78 is 0.864. The number of rotatable bonds is 3. The van der Waals surface area contributed by atoms with Crippen molar-refractivity contribution in [3.8, 4) is 0 Å². The van der Waals surface area contributed by atoms with Gasteiger partial charge in [-0.3, -0.25) is 0 Å². The largest absolute Gasteiger partial charge is 0.396 e. The molecule has 0 fully saturated rings. The summed E-state index contributed by atoms with van der Waals surface area (Å²) in [5, 5.41) is 3.89. The van der Waals surface area contributed by atoms with Crippen molar-refractivity contribution in [3.05, 3.63) is 51.6 Å². The Bertz CT molecular complexity index is 531. The van der Waals surface area contributed by atoms with E-state index in [0.717, 1.165) is 15.1 Å². The van der Waals surface area contributed by atoms with Gasteiger partial charge in [0.05, 0.1) is 5.69 Å². The van der Waals surface area contributed by atoms with Crippen LogP contribution in [-0.2, 0) is 6.54 Å². The molecule has 5 heteroatoms.